The average Bonchev–Trinajstić information content (AvgIpc) is 3.15. The Labute approximate surface area is 186 Å². The lowest BCUT2D eigenvalue weighted by Gasteiger charge is -2.30. The number of thiazole rings is 1. The molecule has 1 atom stereocenters. The summed E-state index contributed by atoms with van der Waals surface area (Å²) < 4.78 is 0. The van der Waals surface area contributed by atoms with Crippen LogP contribution in [-0.2, 0) is 19.2 Å². The summed E-state index contributed by atoms with van der Waals surface area (Å²) in [7, 11) is 0. The largest absolute Gasteiger partial charge is 0.481 e. The molecule has 0 unspecified atom stereocenters. The van der Waals surface area contributed by atoms with Crippen molar-refractivity contribution in [3.8, 4) is 0 Å². The number of hydrogen-bond acceptors (Lipinski definition) is 9. The first-order valence-electron chi connectivity index (χ1n) is 9.14. The average molecular weight is 467 g/mol. The topological polar surface area (TPSA) is 163 Å². The van der Waals surface area contributed by atoms with Crippen LogP contribution in [0.5, 0.6) is 0 Å². The van der Waals surface area contributed by atoms with Crippen LogP contribution < -0.4 is 5.73 Å². The van der Waals surface area contributed by atoms with Gasteiger partial charge in [0.2, 0.25) is 5.91 Å². The number of carbonyl (C=O) groups excluding carboxylic acids is 2. The quantitative estimate of drug-likeness (QED) is 0.435. The molecule has 0 aromatic carbocycles. The molecule has 0 saturated carbocycles. The van der Waals surface area contributed by atoms with Crippen molar-refractivity contribution >= 4 is 57.6 Å². The number of nitrogens with two attached hydrogens (primary N) is 1. The Kier molecular flexibility index (Phi) is 8.51. The van der Waals surface area contributed by atoms with Gasteiger partial charge in [0.05, 0.1) is 18.8 Å². The number of nitrogens with zero attached hydrogens (tertiary/aromatic N) is 3. The zero-order valence-electron chi connectivity index (χ0n) is 16.7. The monoisotopic (exact) mass is 466 g/mol. The number of aromatic nitrogens is 1. The normalized spacial score (nSPS) is 15.5. The molecule has 1 aliphatic heterocycles. The molecule has 1 aromatic rings. The summed E-state index contributed by atoms with van der Waals surface area (Å²) in [6, 6.07) is 0. The van der Waals surface area contributed by atoms with Crippen molar-refractivity contribution in [1.29, 1.82) is 0 Å². The first-order valence-corrected chi connectivity index (χ1v) is 11.2. The predicted octanol–water partition coefficient (Wildman–Crippen LogP) is 1.64. The minimum atomic E-state index is -1.24. The van der Waals surface area contributed by atoms with E-state index in [1.54, 1.807) is 0 Å². The van der Waals surface area contributed by atoms with Crippen LogP contribution in [0, 0.1) is 5.92 Å². The van der Waals surface area contributed by atoms with E-state index < -0.39 is 29.5 Å². The molecule has 0 fully saturated rings. The minimum absolute atomic E-state index is 0.0531. The number of aliphatic imine (C=N–C) groups is 1. The summed E-state index contributed by atoms with van der Waals surface area (Å²) in [6.07, 6.45) is 0.887. The van der Waals surface area contributed by atoms with Gasteiger partial charge in [0.25, 0.3) is 0 Å². The van der Waals surface area contributed by atoms with E-state index in [9.17, 15) is 24.3 Å². The summed E-state index contributed by atoms with van der Waals surface area (Å²) >= 11 is 2.47. The van der Waals surface area contributed by atoms with Crippen LogP contribution in [0.3, 0.4) is 0 Å². The Balaban J connectivity index is 2.22. The van der Waals surface area contributed by atoms with Crippen molar-refractivity contribution in [3.63, 3.8) is 0 Å². The molecule has 2 rings (SSSR count). The summed E-state index contributed by atoms with van der Waals surface area (Å²) in [4.78, 5) is 57.5. The van der Waals surface area contributed by atoms with E-state index in [4.69, 9.17) is 10.8 Å². The molecule has 1 aliphatic rings. The molecule has 0 aliphatic carbocycles. The van der Waals surface area contributed by atoms with Gasteiger partial charge in [-0.25, -0.2) is 9.78 Å². The minimum Gasteiger partial charge on any atom is -0.481 e. The Morgan fingerprint density at radius 2 is 2.10 bits per heavy atom. The first-order chi connectivity index (χ1) is 14.6. The lowest BCUT2D eigenvalue weighted by molar-refractivity contribution is -0.141. The third kappa shape index (κ3) is 6.25. The number of carbonyl (C=O) groups is 4. The molecule has 1 aromatic heterocycles. The van der Waals surface area contributed by atoms with Gasteiger partial charge >= 0.3 is 11.9 Å². The van der Waals surface area contributed by atoms with Crippen LogP contribution in [0.2, 0.25) is 0 Å². The number of nitrogen functional groups attached to an aromatic ring is 1. The van der Waals surface area contributed by atoms with Gasteiger partial charge in [-0.15, -0.1) is 23.1 Å². The second-order valence-electron chi connectivity index (χ2n) is 6.60. The zero-order chi connectivity index (χ0) is 23.1. The predicted molar refractivity (Wildman–Crippen MR) is 118 cm³/mol. The molecule has 2 heterocycles. The van der Waals surface area contributed by atoms with Gasteiger partial charge in [-0.2, -0.15) is 0 Å². The molecule has 10 nitrogen and oxygen atoms in total. The van der Waals surface area contributed by atoms with E-state index in [0.717, 1.165) is 16.2 Å². The molecule has 166 valence electrons. The number of amides is 1. The molecule has 1 amide bonds. The van der Waals surface area contributed by atoms with E-state index in [0.29, 0.717) is 11.3 Å². The van der Waals surface area contributed by atoms with Gasteiger partial charge < -0.3 is 15.9 Å². The van der Waals surface area contributed by atoms with Crippen molar-refractivity contribution in [3.05, 3.63) is 35.0 Å². The highest BCUT2D eigenvalue weighted by Crippen LogP contribution is 2.28. The highest BCUT2D eigenvalue weighted by Gasteiger charge is 2.33. The van der Waals surface area contributed by atoms with E-state index in [1.165, 1.54) is 30.1 Å². The van der Waals surface area contributed by atoms with Gasteiger partial charge in [-0.3, -0.25) is 24.3 Å². The Hall–Kier alpha value is -2.99. The molecule has 0 spiro atoms. The zero-order valence-corrected chi connectivity index (χ0v) is 18.4. The maximum atomic E-state index is 13.0. The van der Waals surface area contributed by atoms with E-state index in [-0.39, 0.29) is 47.5 Å². The molecule has 0 radical (unpaired) electrons. The molecular weight excluding hydrogens is 444 g/mol. The second kappa shape index (κ2) is 10.9. The number of thioether (sulfide) groups is 1. The molecule has 12 heteroatoms. The Morgan fingerprint density at radius 3 is 2.65 bits per heavy atom. The molecular formula is C19H22N4O6S2. The number of anilines is 1. The van der Waals surface area contributed by atoms with Gasteiger partial charge in [-0.05, 0) is 5.57 Å². The van der Waals surface area contributed by atoms with Gasteiger partial charge in [0.1, 0.15) is 17.1 Å². The van der Waals surface area contributed by atoms with Crippen molar-refractivity contribution in [1.82, 2.24) is 9.88 Å². The molecule has 0 saturated heterocycles. The van der Waals surface area contributed by atoms with Gasteiger partial charge in [0.15, 0.2) is 10.9 Å². The third-order valence-corrected chi connectivity index (χ3v) is 5.93. The van der Waals surface area contributed by atoms with Crippen molar-refractivity contribution in [2.45, 2.75) is 19.8 Å². The van der Waals surface area contributed by atoms with Crippen LogP contribution >= 0.6 is 23.1 Å². The van der Waals surface area contributed by atoms with E-state index >= 15 is 0 Å². The van der Waals surface area contributed by atoms with Crippen LogP contribution in [0.4, 0.5) is 5.13 Å². The van der Waals surface area contributed by atoms with Crippen LogP contribution in [-0.4, -0.2) is 67.6 Å². The number of allylic oxidation sites excluding steroid dienone is 1. The second-order valence-corrected chi connectivity index (χ2v) is 8.45. The highest BCUT2D eigenvalue weighted by atomic mass is 32.2. The fourth-order valence-corrected chi connectivity index (χ4v) is 4.39. The number of carboxylic acids is 2. The van der Waals surface area contributed by atoms with Crippen LogP contribution in [0.15, 0.2) is 34.3 Å². The Morgan fingerprint density at radius 1 is 1.39 bits per heavy atom. The van der Waals surface area contributed by atoms with Crippen molar-refractivity contribution in [2.24, 2.45) is 10.9 Å². The fraction of sp³-hybridized carbons (Fsp3) is 0.368. The van der Waals surface area contributed by atoms with E-state index in [1.807, 2.05) is 0 Å². The summed E-state index contributed by atoms with van der Waals surface area (Å²) in [5.41, 5.74) is 6.08. The van der Waals surface area contributed by atoms with Gasteiger partial charge in [-0.1, -0.05) is 19.6 Å². The van der Waals surface area contributed by atoms with Crippen LogP contribution in [0.25, 0.3) is 0 Å². The lowest BCUT2D eigenvalue weighted by atomic mass is 9.99. The summed E-state index contributed by atoms with van der Waals surface area (Å²) in [5, 5.41) is 20.1. The summed E-state index contributed by atoms with van der Waals surface area (Å²) in [6.45, 7) is 5.00. The lowest BCUT2D eigenvalue weighted by Crippen LogP contribution is -2.41. The third-order valence-electron chi connectivity index (χ3n) is 4.30. The van der Waals surface area contributed by atoms with E-state index in [2.05, 4.69) is 16.6 Å². The number of aliphatic carboxylic acids is 2. The number of carboxylic acid groups (broad SMARTS) is 2. The van der Waals surface area contributed by atoms with Crippen LogP contribution in [0.1, 0.15) is 25.5 Å². The SMILES string of the molecule is C=CC1=C(C(=O)O)N(C(=O)[C@H](C)CC(=O)/C(=N\CCC(=O)O)c2csc(N)n2)CSC1. The summed E-state index contributed by atoms with van der Waals surface area (Å²) in [5.74, 6) is -3.59. The Bertz CT molecular complexity index is 968. The van der Waals surface area contributed by atoms with Crippen molar-refractivity contribution < 1.29 is 29.4 Å². The number of ketones is 1. The maximum Gasteiger partial charge on any atom is 0.352 e. The van der Waals surface area contributed by atoms with Gasteiger partial charge in [0, 0.05) is 23.5 Å². The highest BCUT2D eigenvalue weighted by molar-refractivity contribution is 7.99. The molecule has 31 heavy (non-hydrogen) atoms. The first kappa shape index (κ1) is 24.3. The maximum absolute atomic E-state index is 13.0. The smallest absolute Gasteiger partial charge is 0.352 e. The number of Topliss-reactive ketones (excluding diaryl/α,β-unsaturated/α-hetero) is 1. The van der Waals surface area contributed by atoms with Crippen molar-refractivity contribution in [2.75, 3.05) is 23.9 Å². The molecule has 4 N–H and O–H groups in total. The standard InChI is InChI=1S/C19H22N4O6S2/c1-3-11-7-30-9-23(16(11)18(28)29)17(27)10(2)6-13(24)15(21-5-4-14(25)26)12-8-31-19(20)22-12/h3,8,10H,1,4-7,9H2,2H3,(H2,20,22)(H,25,26)(H,28,29)/b21-15-/t10-/m1/s1. The molecule has 0 bridgehead atoms. The fourth-order valence-electron chi connectivity index (χ4n) is 2.84. The number of rotatable bonds is 10. The number of hydrogen-bond donors (Lipinski definition) is 3.